The monoisotopic (exact) mass is 432 g/mol. The Balaban J connectivity index is 2.02. The maximum Gasteiger partial charge on any atom is 0.120 e. The van der Waals surface area contributed by atoms with Gasteiger partial charge in [-0.2, -0.15) is 0 Å². The molecule has 0 atom stereocenters. The van der Waals surface area contributed by atoms with Gasteiger partial charge in [0.15, 0.2) is 0 Å². The van der Waals surface area contributed by atoms with E-state index in [0.29, 0.717) is 0 Å². The number of aromatic hydroxyl groups is 2. The SMILES string of the molecule is CCCCC(c1ccccc1)(c1c(O)ccc2ccccc12)c1c(O)ccc2ccccc12. The van der Waals surface area contributed by atoms with Gasteiger partial charge >= 0.3 is 0 Å². The second-order valence-electron chi connectivity index (χ2n) is 8.74. The predicted octanol–water partition coefficient (Wildman–Crippen LogP) is 7.93. The quantitative estimate of drug-likeness (QED) is 0.267. The molecule has 5 aromatic carbocycles. The molecular formula is C31H28O2. The third-order valence-corrected chi connectivity index (χ3v) is 6.84. The minimum absolute atomic E-state index is 0.251. The maximum absolute atomic E-state index is 11.4. The molecule has 0 aromatic heterocycles. The highest BCUT2D eigenvalue weighted by Gasteiger charge is 2.42. The van der Waals surface area contributed by atoms with Crippen LogP contribution in [0.25, 0.3) is 21.5 Å². The van der Waals surface area contributed by atoms with Gasteiger partial charge in [-0.25, -0.2) is 0 Å². The van der Waals surface area contributed by atoms with Crippen LogP contribution < -0.4 is 0 Å². The topological polar surface area (TPSA) is 40.5 Å². The van der Waals surface area contributed by atoms with Crippen molar-refractivity contribution in [3.05, 3.63) is 120 Å². The van der Waals surface area contributed by atoms with Gasteiger partial charge in [0.1, 0.15) is 11.5 Å². The lowest BCUT2D eigenvalue weighted by molar-refractivity contribution is 0.425. The zero-order valence-corrected chi connectivity index (χ0v) is 18.8. The fourth-order valence-corrected chi connectivity index (χ4v) is 5.39. The average Bonchev–Trinajstić information content (AvgIpc) is 2.86. The van der Waals surface area contributed by atoms with E-state index in [0.717, 1.165) is 57.5 Å². The minimum atomic E-state index is -0.729. The first-order valence-corrected chi connectivity index (χ1v) is 11.6. The molecule has 164 valence electrons. The van der Waals surface area contributed by atoms with E-state index in [-0.39, 0.29) is 11.5 Å². The van der Waals surface area contributed by atoms with Crippen molar-refractivity contribution in [1.82, 2.24) is 0 Å². The van der Waals surface area contributed by atoms with Crippen LogP contribution >= 0.6 is 0 Å². The van der Waals surface area contributed by atoms with E-state index in [1.54, 1.807) is 12.1 Å². The second-order valence-corrected chi connectivity index (χ2v) is 8.74. The molecule has 5 rings (SSSR count). The van der Waals surface area contributed by atoms with Crippen LogP contribution in [0.4, 0.5) is 0 Å². The summed E-state index contributed by atoms with van der Waals surface area (Å²) in [7, 11) is 0. The van der Waals surface area contributed by atoms with Crippen LogP contribution in [-0.2, 0) is 5.41 Å². The van der Waals surface area contributed by atoms with Gasteiger partial charge in [-0.15, -0.1) is 0 Å². The van der Waals surface area contributed by atoms with Crippen molar-refractivity contribution in [2.45, 2.75) is 31.6 Å². The second kappa shape index (κ2) is 8.63. The molecule has 2 N–H and O–H groups in total. The Morgan fingerprint density at radius 3 is 1.58 bits per heavy atom. The number of unbranched alkanes of at least 4 members (excludes halogenated alkanes) is 1. The molecule has 0 bridgehead atoms. The number of hydrogen-bond acceptors (Lipinski definition) is 2. The fraction of sp³-hybridized carbons (Fsp3) is 0.161. The molecule has 33 heavy (non-hydrogen) atoms. The Kier molecular flexibility index (Phi) is 5.51. The molecule has 0 aliphatic heterocycles. The molecule has 5 aromatic rings. The lowest BCUT2D eigenvalue weighted by atomic mass is 9.64. The lowest BCUT2D eigenvalue weighted by Crippen LogP contribution is -2.30. The van der Waals surface area contributed by atoms with E-state index in [1.165, 1.54) is 0 Å². The van der Waals surface area contributed by atoms with Crippen LogP contribution in [0.1, 0.15) is 42.9 Å². The average molecular weight is 433 g/mol. The molecule has 0 aliphatic carbocycles. The van der Waals surface area contributed by atoms with E-state index in [4.69, 9.17) is 0 Å². The minimum Gasteiger partial charge on any atom is -0.508 e. The highest BCUT2D eigenvalue weighted by molar-refractivity contribution is 5.95. The van der Waals surface area contributed by atoms with E-state index in [1.807, 2.05) is 54.6 Å². The summed E-state index contributed by atoms with van der Waals surface area (Å²) in [6.07, 6.45) is 2.71. The van der Waals surface area contributed by atoms with Crippen LogP contribution in [0.2, 0.25) is 0 Å². The Hall–Kier alpha value is -3.78. The summed E-state index contributed by atoms with van der Waals surface area (Å²) in [5.74, 6) is 0.502. The van der Waals surface area contributed by atoms with Gasteiger partial charge in [0.05, 0.1) is 5.41 Å². The van der Waals surface area contributed by atoms with Crippen molar-refractivity contribution in [3.8, 4) is 11.5 Å². The summed E-state index contributed by atoms with van der Waals surface area (Å²) in [5, 5.41) is 27.0. The van der Waals surface area contributed by atoms with Gasteiger partial charge in [0, 0.05) is 11.1 Å². The molecule has 0 saturated carbocycles. The molecule has 0 saturated heterocycles. The molecule has 0 aliphatic rings. The summed E-state index contributed by atoms with van der Waals surface area (Å²) < 4.78 is 0. The molecule has 2 nitrogen and oxygen atoms in total. The van der Waals surface area contributed by atoms with Crippen molar-refractivity contribution >= 4 is 21.5 Å². The smallest absolute Gasteiger partial charge is 0.120 e. The van der Waals surface area contributed by atoms with Gasteiger partial charge < -0.3 is 10.2 Å². The van der Waals surface area contributed by atoms with Crippen LogP contribution in [0.15, 0.2) is 103 Å². The normalized spacial score (nSPS) is 11.8. The standard InChI is InChI=1S/C31H28O2/c1-2-3-21-31(24-13-5-4-6-14-24,29-25-15-9-7-11-22(25)17-19-27(29)32)30-26-16-10-8-12-23(26)18-20-28(30)33/h4-20,32-33H,2-3,21H2,1H3. The largest absolute Gasteiger partial charge is 0.508 e. The molecule has 2 heteroatoms. The summed E-state index contributed by atoms with van der Waals surface area (Å²) >= 11 is 0. The molecule has 0 spiro atoms. The molecule has 0 amide bonds. The third kappa shape index (κ3) is 3.43. The predicted molar refractivity (Wildman–Crippen MR) is 137 cm³/mol. The van der Waals surface area contributed by atoms with Crippen molar-refractivity contribution in [3.63, 3.8) is 0 Å². The first-order valence-electron chi connectivity index (χ1n) is 11.6. The summed E-state index contributed by atoms with van der Waals surface area (Å²) in [6.45, 7) is 2.18. The fourth-order valence-electron chi connectivity index (χ4n) is 5.39. The van der Waals surface area contributed by atoms with Crippen LogP contribution in [0.3, 0.4) is 0 Å². The number of phenols is 2. The van der Waals surface area contributed by atoms with Crippen molar-refractivity contribution < 1.29 is 10.2 Å². The highest BCUT2D eigenvalue weighted by atomic mass is 16.3. The number of fused-ring (bicyclic) bond motifs is 2. The number of hydrogen-bond donors (Lipinski definition) is 2. The van der Waals surface area contributed by atoms with Gasteiger partial charge in [-0.05, 0) is 45.7 Å². The van der Waals surface area contributed by atoms with Crippen molar-refractivity contribution in [1.29, 1.82) is 0 Å². The summed E-state index contributed by atoms with van der Waals surface area (Å²) in [4.78, 5) is 0. The molecular weight excluding hydrogens is 404 g/mol. The van der Waals surface area contributed by atoms with E-state index < -0.39 is 5.41 Å². The van der Waals surface area contributed by atoms with E-state index in [9.17, 15) is 10.2 Å². The highest BCUT2D eigenvalue weighted by Crippen LogP contribution is 2.53. The summed E-state index contributed by atoms with van der Waals surface area (Å²) in [6, 6.07) is 34.3. The van der Waals surface area contributed by atoms with Crippen LogP contribution in [0.5, 0.6) is 11.5 Å². The van der Waals surface area contributed by atoms with E-state index >= 15 is 0 Å². The zero-order valence-electron chi connectivity index (χ0n) is 18.8. The van der Waals surface area contributed by atoms with Gasteiger partial charge in [-0.3, -0.25) is 0 Å². The number of phenolic OH excluding ortho intramolecular Hbond substituents is 2. The van der Waals surface area contributed by atoms with Gasteiger partial charge in [0.2, 0.25) is 0 Å². The lowest BCUT2D eigenvalue weighted by Gasteiger charge is -2.38. The Morgan fingerprint density at radius 1 is 0.576 bits per heavy atom. The number of rotatable bonds is 6. The van der Waals surface area contributed by atoms with Gasteiger partial charge in [-0.1, -0.05) is 111 Å². The molecule has 0 radical (unpaired) electrons. The third-order valence-electron chi connectivity index (χ3n) is 6.84. The molecule has 0 heterocycles. The van der Waals surface area contributed by atoms with Crippen molar-refractivity contribution in [2.75, 3.05) is 0 Å². The van der Waals surface area contributed by atoms with Crippen LogP contribution in [0, 0.1) is 0 Å². The molecule has 0 unspecified atom stereocenters. The Labute approximate surface area is 194 Å². The number of benzene rings is 5. The first-order chi connectivity index (χ1) is 16.2. The van der Waals surface area contributed by atoms with Gasteiger partial charge in [0.25, 0.3) is 0 Å². The van der Waals surface area contributed by atoms with E-state index in [2.05, 4.69) is 43.3 Å². The molecule has 0 fully saturated rings. The first kappa shape index (κ1) is 21.1. The van der Waals surface area contributed by atoms with Crippen LogP contribution in [-0.4, -0.2) is 10.2 Å². The Bertz CT molecular complexity index is 1330. The maximum atomic E-state index is 11.4. The summed E-state index contributed by atoms with van der Waals surface area (Å²) in [5.41, 5.74) is 2.04. The zero-order chi connectivity index (χ0) is 22.8. The van der Waals surface area contributed by atoms with Crippen molar-refractivity contribution in [2.24, 2.45) is 0 Å². The Morgan fingerprint density at radius 2 is 1.06 bits per heavy atom.